The Morgan fingerprint density at radius 2 is 2.03 bits per heavy atom. The molecule has 2 aromatic heterocycles. The van der Waals surface area contributed by atoms with Gasteiger partial charge >= 0.3 is 0 Å². The van der Waals surface area contributed by atoms with Crippen molar-refractivity contribution >= 4 is 23.2 Å². The Morgan fingerprint density at radius 1 is 1.28 bits per heavy atom. The molecule has 1 atom stereocenters. The molecule has 0 aliphatic heterocycles. The van der Waals surface area contributed by atoms with Gasteiger partial charge in [-0.05, 0) is 24.3 Å². The van der Waals surface area contributed by atoms with Crippen LogP contribution in [0.4, 0.5) is 21.7 Å². The monoisotopic (exact) mass is 400 g/mol. The number of rotatable bonds is 9. The Balaban J connectivity index is 1.94. The average molecular weight is 400 g/mol. The van der Waals surface area contributed by atoms with Crippen LogP contribution in [-0.2, 0) is 4.74 Å². The number of amides is 1. The van der Waals surface area contributed by atoms with E-state index in [9.17, 15) is 9.18 Å². The van der Waals surface area contributed by atoms with Crippen LogP contribution >= 0.6 is 0 Å². The molecule has 152 valence electrons. The SMILES string of the molecule is COCC(CN)Nc1nc(Nc2cccc(-n3nccn3)c2)c(C(N)=O)cc1F. The van der Waals surface area contributed by atoms with Gasteiger partial charge in [0.2, 0.25) is 0 Å². The summed E-state index contributed by atoms with van der Waals surface area (Å²) in [6.07, 6.45) is 3.11. The highest BCUT2D eigenvalue weighted by atomic mass is 19.1. The Bertz CT molecular complexity index is 980. The number of pyridine rings is 1. The van der Waals surface area contributed by atoms with E-state index in [0.29, 0.717) is 11.4 Å². The molecule has 1 amide bonds. The minimum atomic E-state index is -0.817. The topological polar surface area (TPSA) is 146 Å². The van der Waals surface area contributed by atoms with Crippen LogP contribution in [0.1, 0.15) is 10.4 Å². The number of aromatic nitrogens is 4. The molecule has 0 bridgehead atoms. The summed E-state index contributed by atoms with van der Waals surface area (Å²) in [5.74, 6) is -1.52. The second kappa shape index (κ2) is 9.08. The first-order valence-corrected chi connectivity index (χ1v) is 8.71. The van der Waals surface area contributed by atoms with Crippen LogP contribution in [0.3, 0.4) is 0 Å². The van der Waals surface area contributed by atoms with E-state index in [1.807, 2.05) is 6.07 Å². The predicted molar refractivity (Wildman–Crippen MR) is 106 cm³/mol. The Labute approximate surface area is 166 Å². The van der Waals surface area contributed by atoms with Gasteiger partial charge in [0.15, 0.2) is 11.6 Å². The second-order valence-corrected chi connectivity index (χ2v) is 6.11. The van der Waals surface area contributed by atoms with Crippen molar-refractivity contribution in [3.63, 3.8) is 0 Å². The maximum absolute atomic E-state index is 14.5. The number of benzene rings is 1. The molecule has 0 saturated heterocycles. The molecule has 0 fully saturated rings. The van der Waals surface area contributed by atoms with E-state index < -0.39 is 11.7 Å². The lowest BCUT2D eigenvalue weighted by Gasteiger charge is -2.18. The summed E-state index contributed by atoms with van der Waals surface area (Å²) in [7, 11) is 1.51. The highest BCUT2D eigenvalue weighted by molar-refractivity contribution is 5.98. The van der Waals surface area contributed by atoms with Crippen LogP contribution in [0, 0.1) is 5.82 Å². The van der Waals surface area contributed by atoms with Crippen molar-refractivity contribution in [1.82, 2.24) is 20.0 Å². The molecule has 0 radical (unpaired) electrons. The molecule has 3 rings (SSSR count). The molecule has 1 aromatic carbocycles. The number of halogens is 1. The lowest BCUT2D eigenvalue weighted by molar-refractivity contribution is 0.100. The van der Waals surface area contributed by atoms with Gasteiger partial charge in [-0.1, -0.05) is 6.07 Å². The zero-order valence-corrected chi connectivity index (χ0v) is 15.7. The number of carbonyl (C=O) groups is 1. The molecule has 6 N–H and O–H groups in total. The van der Waals surface area contributed by atoms with E-state index in [2.05, 4.69) is 25.8 Å². The molecule has 0 spiro atoms. The van der Waals surface area contributed by atoms with Gasteiger partial charge in [-0.3, -0.25) is 4.79 Å². The van der Waals surface area contributed by atoms with E-state index in [1.54, 1.807) is 30.6 Å². The average Bonchev–Trinajstić information content (AvgIpc) is 3.24. The fourth-order valence-electron chi connectivity index (χ4n) is 2.63. The van der Waals surface area contributed by atoms with Crippen molar-refractivity contribution < 1.29 is 13.9 Å². The molecule has 1 unspecified atom stereocenters. The summed E-state index contributed by atoms with van der Waals surface area (Å²) in [6, 6.07) is 7.75. The minimum absolute atomic E-state index is 0.0742. The van der Waals surface area contributed by atoms with Gasteiger partial charge in [0.1, 0.15) is 5.82 Å². The maximum Gasteiger partial charge on any atom is 0.252 e. The van der Waals surface area contributed by atoms with Crippen molar-refractivity contribution in [2.75, 3.05) is 30.9 Å². The fourth-order valence-corrected chi connectivity index (χ4v) is 2.63. The zero-order valence-electron chi connectivity index (χ0n) is 15.7. The molecule has 0 aliphatic rings. The van der Waals surface area contributed by atoms with Gasteiger partial charge < -0.3 is 26.8 Å². The Kier molecular flexibility index (Phi) is 6.32. The minimum Gasteiger partial charge on any atom is -0.383 e. The number of nitrogens with two attached hydrogens (primary N) is 2. The second-order valence-electron chi connectivity index (χ2n) is 6.11. The van der Waals surface area contributed by atoms with Gasteiger partial charge in [-0.2, -0.15) is 15.0 Å². The number of methoxy groups -OCH3 is 1. The summed E-state index contributed by atoms with van der Waals surface area (Å²) in [5, 5.41) is 14.0. The molecule has 2 heterocycles. The van der Waals surface area contributed by atoms with E-state index in [4.69, 9.17) is 16.2 Å². The van der Waals surface area contributed by atoms with Crippen LogP contribution in [0.5, 0.6) is 0 Å². The molecule has 0 saturated carbocycles. The third-order valence-corrected chi connectivity index (χ3v) is 3.99. The van der Waals surface area contributed by atoms with E-state index in [1.165, 1.54) is 11.9 Å². The summed E-state index contributed by atoms with van der Waals surface area (Å²) in [6.45, 7) is 0.463. The van der Waals surface area contributed by atoms with Crippen LogP contribution in [0.2, 0.25) is 0 Å². The standard InChI is InChI=1S/C18H21FN8O2/c1-29-10-12(9-20)25-18-15(19)8-14(16(21)28)17(26-18)24-11-3-2-4-13(7-11)27-22-5-6-23-27/h2-8,12H,9-10,20H2,1H3,(H2,21,28)(H2,24,25,26). The van der Waals surface area contributed by atoms with Gasteiger partial charge in [-0.25, -0.2) is 9.37 Å². The number of nitrogens with one attached hydrogen (secondary N) is 2. The Morgan fingerprint density at radius 3 is 2.69 bits per heavy atom. The summed E-state index contributed by atoms with van der Waals surface area (Å²) in [5.41, 5.74) is 12.2. The van der Waals surface area contributed by atoms with Crippen molar-refractivity contribution in [2.24, 2.45) is 11.5 Å². The summed E-state index contributed by atoms with van der Waals surface area (Å²) >= 11 is 0. The van der Waals surface area contributed by atoms with Gasteiger partial charge in [0.05, 0.1) is 36.3 Å². The number of nitrogens with zero attached hydrogens (tertiary/aromatic N) is 4. The maximum atomic E-state index is 14.5. The lowest BCUT2D eigenvalue weighted by atomic mass is 10.2. The molecular formula is C18H21FN8O2. The van der Waals surface area contributed by atoms with Crippen LogP contribution in [0.15, 0.2) is 42.7 Å². The van der Waals surface area contributed by atoms with Crippen LogP contribution in [0.25, 0.3) is 5.69 Å². The zero-order chi connectivity index (χ0) is 20.8. The first kappa shape index (κ1) is 20.2. The van der Waals surface area contributed by atoms with Gasteiger partial charge in [0.25, 0.3) is 5.91 Å². The van der Waals surface area contributed by atoms with Gasteiger partial charge in [0, 0.05) is 19.3 Å². The van der Waals surface area contributed by atoms with Crippen molar-refractivity contribution in [1.29, 1.82) is 0 Å². The number of hydrogen-bond donors (Lipinski definition) is 4. The lowest BCUT2D eigenvalue weighted by Crippen LogP contribution is -2.34. The van der Waals surface area contributed by atoms with Crippen molar-refractivity contribution in [2.45, 2.75) is 6.04 Å². The first-order valence-electron chi connectivity index (χ1n) is 8.71. The Hall–Kier alpha value is -3.57. The fraction of sp³-hybridized carbons (Fsp3) is 0.222. The molecule has 3 aromatic rings. The largest absolute Gasteiger partial charge is 0.383 e. The molecule has 11 heteroatoms. The van der Waals surface area contributed by atoms with E-state index in [0.717, 1.165) is 6.07 Å². The third kappa shape index (κ3) is 4.83. The van der Waals surface area contributed by atoms with Gasteiger partial charge in [-0.15, -0.1) is 0 Å². The van der Waals surface area contributed by atoms with Crippen LogP contribution in [-0.4, -0.2) is 52.2 Å². The quantitative estimate of drug-likeness (QED) is 0.417. The number of primary amides is 1. The molecule has 0 aliphatic carbocycles. The van der Waals surface area contributed by atoms with Crippen molar-refractivity contribution in [3.8, 4) is 5.69 Å². The first-order chi connectivity index (χ1) is 14.0. The van der Waals surface area contributed by atoms with Crippen LogP contribution < -0.4 is 22.1 Å². The number of carbonyl (C=O) groups excluding carboxylic acids is 1. The smallest absolute Gasteiger partial charge is 0.252 e. The number of anilines is 3. The highest BCUT2D eigenvalue weighted by Gasteiger charge is 2.18. The highest BCUT2D eigenvalue weighted by Crippen LogP contribution is 2.25. The van der Waals surface area contributed by atoms with E-state index >= 15 is 0 Å². The molecule has 10 nitrogen and oxygen atoms in total. The molecular weight excluding hydrogens is 379 g/mol. The summed E-state index contributed by atoms with van der Waals surface area (Å²) in [4.78, 5) is 17.4. The predicted octanol–water partition coefficient (Wildman–Crippen LogP) is 1.03. The third-order valence-electron chi connectivity index (χ3n) is 3.99. The number of hydrogen-bond acceptors (Lipinski definition) is 8. The number of ether oxygens (including phenoxy) is 1. The summed E-state index contributed by atoms with van der Waals surface area (Å²) < 4.78 is 19.5. The van der Waals surface area contributed by atoms with Crippen molar-refractivity contribution in [3.05, 3.63) is 54.1 Å². The van der Waals surface area contributed by atoms with E-state index in [-0.39, 0.29) is 36.4 Å². The molecule has 29 heavy (non-hydrogen) atoms. The normalized spacial score (nSPS) is 11.8.